The summed E-state index contributed by atoms with van der Waals surface area (Å²) in [7, 11) is 0. The average molecular weight is 219 g/mol. The Morgan fingerprint density at radius 2 is 1.82 bits per heavy atom. The fraction of sp³-hybridized carbons (Fsp3) is 0. The molecule has 0 bridgehead atoms. The molecular weight excluding hydrogens is 208 g/mol. The number of hydrogen-bond donors (Lipinski definition) is 1. The van der Waals surface area contributed by atoms with Crippen molar-refractivity contribution >= 4 is 32.6 Å². The van der Waals surface area contributed by atoms with Gasteiger partial charge in [-0.05, 0) is 22.9 Å². The maximum atomic E-state index is 3.36. The van der Waals surface area contributed by atoms with E-state index in [1.165, 1.54) is 32.6 Å². The highest BCUT2D eigenvalue weighted by Crippen LogP contribution is 2.28. The van der Waals surface area contributed by atoms with E-state index in [0.717, 1.165) is 0 Å². The number of pyridine rings is 1. The largest absolute Gasteiger partial charge is 0.360 e. The van der Waals surface area contributed by atoms with Crippen molar-refractivity contribution in [3.05, 3.63) is 54.9 Å². The Morgan fingerprint density at radius 1 is 0.882 bits per heavy atom. The number of rotatable bonds is 0. The monoisotopic (exact) mass is 219 g/mol. The Hall–Kier alpha value is -2.35. The SMILES string of the molecule is c1ccc2c(c1)c[nH]c1ccc3cc[nH+]c3c12. The summed E-state index contributed by atoms with van der Waals surface area (Å²) in [5, 5.41) is 5.05. The third-order valence-electron chi connectivity index (χ3n) is 3.34. The molecule has 0 unspecified atom stereocenters. The first-order chi connectivity index (χ1) is 8.43. The van der Waals surface area contributed by atoms with Gasteiger partial charge >= 0.3 is 0 Å². The number of nitrogens with one attached hydrogen (secondary N) is 2. The van der Waals surface area contributed by atoms with Crippen LogP contribution >= 0.6 is 0 Å². The zero-order valence-electron chi connectivity index (χ0n) is 9.20. The molecule has 0 amide bonds. The average Bonchev–Trinajstić information content (AvgIpc) is 2.86. The molecule has 0 saturated heterocycles. The third-order valence-corrected chi connectivity index (χ3v) is 3.34. The van der Waals surface area contributed by atoms with Gasteiger partial charge in [-0.1, -0.05) is 24.3 Å². The summed E-state index contributed by atoms with van der Waals surface area (Å²) in [6, 6.07) is 14.8. The van der Waals surface area contributed by atoms with E-state index in [-0.39, 0.29) is 0 Å². The van der Waals surface area contributed by atoms with Gasteiger partial charge in [-0.2, -0.15) is 0 Å². The first-order valence-electron chi connectivity index (χ1n) is 5.73. The van der Waals surface area contributed by atoms with Crippen LogP contribution < -0.4 is 4.98 Å². The number of aromatic amines is 2. The summed E-state index contributed by atoms with van der Waals surface area (Å²) in [6.07, 6.45) is 4.05. The summed E-state index contributed by atoms with van der Waals surface area (Å²) in [5.41, 5.74) is 2.37. The van der Waals surface area contributed by atoms with Crippen molar-refractivity contribution < 1.29 is 4.98 Å². The van der Waals surface area contributed by atoms with Crippen LogP contribution in [-0.4, -0.2) is 4.98 Å². The highest BCUT2D eigenvalue weighted by Gasteiger charge is 2.10. The minimum absolute atomic E-state index is 1.17. The molecule has 4 rings (SSSR count). The topological polar surface area (TPSA) is 29.9 Å². The molecular formula is C15H11N2+. The van der Waals surface area contributed by atoms with Gasteiger partial charge in [-0.15, -0.1) is 0 Å². The lowest BCUT2D eigenvalue weighted by Gasteiger charge is -2.02. The third kappa shape index (κ3) is 1.12. The van der Waals surface area contributed by atoms with Crippen molar-refractivity contribution in [1.29, 1.82) is 0 Å². The van der Waals surface area contributed by atoms with E-state index in [1.807, 2.05) is 6.20 Å². The Labute approximate surface area is 97.9 Å². The van der Waals surface area contributed by atoms with E-state index in [9.17, 15) is 0 Å². The molecule has 17 heavy (non-hydrogen) atoms. The zero-order valence-corrected chi connectivity index (χ0v) is 9.20. The highest BCUT2D eigenvalue weighted by atomic mass is 14.7. The lowest BCUT2D eigenvalue weighted by molar-refractivity contribution is -0.339. The van der Waals surface area contributed by atoms with Crippen molar-refractivity contribution in [2.75, 3.05) is 0 Å². The minimum Gasteiger partial charge on any atom is -0.360 e. The molecule has 2 N–H and O–H groups in total. The summed E-state index contributed by atoms with van der Waals surface area (Å²) in [5.74, 6) is 0. The fourth-order valence-electron chi connectivity index (χ4n) is 2.53. The molecule has 4 aromatic rings. The highest BCUT2D eigenvalue weighted by molar-refractivity contribution is 6.16. The van der Waals surface area contributed by atoms with Gasteiger partial charge in [0.05, 0.1) is 16.3 Å². The second-order valence-electron chi connectivity index (χ2n) is 4.31. The van der Waals surface area contributed by atoms with Crippen LogP contribution in [0, 0.1) is 0 Å². The van der Waals surface area contributed by atoms with Gasteiger partial charge in [-0.3, -0.25) is 0 Å². The van der Waals surface area contributed by atoms with Crippen LogP contribution in [0.1, 0.15) is 0 Å². The second kappa shape index (κ2) is 3.08. The minimum atomic E-state index is 1.17. The van der Waals surface area contributed by atoms with Crippen molar-refractivity contribution in [3.8, 4) is 0 Å². The van der Waals surface area contributed by atoms with Gasteiger partial charge < -0.3 is 4.98 Å². The lowest BCUT2D eigenvalue weighted by Crippen LogP contribution is -1.96. The van der Waals surface area contributed by atoms with Crippen LogP contribution in [0.5, 0.6) is 0 Å². The van der Waals surface area contributed by atoms with E-state index in [4.69, 9.17) is 0 Å². The predicted molar refractivity (Wildman–Crippen MR) is 69.9 cm³/mol. The van der Waals surface area contributed by atoms with Crippen molar-refractivity contribution in [1.82, 2.24) is 4.98 Å². The van der Waals surface area contributed by atoms with Gasteiger partial charge in [0.1, 0.15) is 0 Å². The Morgan fingerprint density at radius 3 is 2.82 bits per heavy atom. The van der Waals surface area contributed by atoms with E-state index in [0.29, 0.717) is 0 Å². The normalized spacial score (nSPS) is 11.5. The zero-order chi connectivity index (χ0) is 11.2. The fourth-order valence-corrected chi connectivity index (χ4v) is 2.53. The first-order valence-corrected chi connectivity index (χ1v) is 5.73. The van der Waals surface area contributed by atoms with Crippen molar-refractivity contribution in [3.63, 3.8) is 0 Å². The van der Waals surface area contributed by atoms with Gasteiger partial charge in [-0.25, -0.2) is 4.98 Å². The standard InChI is InChI=1S/C15H10N2/c1-2-4-12-11(3-1)9-17-13-6-5-10-7-8-16-15(10)14(12)13/h1-9,17H/p+1. The van der Waals surface area contributed by atoms with Crippen molar-refractivity contribution in [2.24, 2.45) is 0 Å². The summed E-state index contributed by atoms with van der Waals surface area (Å²) < 4.78 is 0. The molecule has 80 valence electrons. The summed E-state index contributed by atoms with van der Waals surface area (Å²) >= 11 is 0. The smallest absolute Gasteiger partial charge is 0.221 e. The molecule has 0 aliphatic rings. The predicted octanol–water partition coefficient (Wildman–Crippen LogP) is 3.29. The van der Waals surface area contributed by atoms with Gasteiger partial charge in [0.15, 0.2) is 6.20 Å². The quantitative estimate of drug-likeness (QED) is 0.440. The molecule has 0 spiro atoms. The Bertz CT molecular complexity index is 843. The molecule has 2 heteroatoms. The molecule has 0 saturated carbocycles. The Kier molecular flexibility index (Phi) is 1.59. The van der Waals surface area contributed by atoms with E-state index in [1.54, 1.807) is 0 Å². The van der Waals surface area contributed by atoms with Crippen LogP contribution in [0.2, 0.25) is 0 Å². The second-order valence-corrected chi connectivity index (χ2v) is 4.31. The molecule has 0 atom stereocenters. The maximum Gasteiger partial charge on any atom is 0.221 e. The van der Waals surface area contributed by atoms with Crippen LogP contribution in [-0.2, 0) is 0 Å². The van der Waals surface area contributed by atoms with Gasteiger partial charge in [0.2, 0.25) is 5.52 Å². The van der Waals surface area contributed by atoms with Gasteiger partial charge in [0, 0.05) is 12.3 Å². The van der Waals surface area contributed by atoms with Crippen LogP contribution in [0.25, 0.3) is 32.6 Å². The molecule has 0 fully saturated rings. The molecule has 2 aromatic heterocycles. The van der Waals surface area contributed by atoms with Crippen molar-refractivity contribution in [2.45, 2.75) is 0 Å². The number of benzene rings is 2. The first kappa shape index (κ1) is 8.76. The number of fused-ring (bicyclic) bond motifs is 5. The van der Waals surface area contributed by atoms with Crippen LogP contribution in [0.3, 0.4) is 0 Å². The number of aromatic nitrogens is 2. The molecule has 2 aromatic carbocycles. The number of H-pyrrole nitrogens is 2. The molecule has 0 radical (unpaired) electrons. The van der Waals surface area contributed by atoms with Gasteiger partial charge in [0.25, 0.3) is 0 Å². The molecule has 2 nitrogen and oxygen atoms in total. The summed E-state index contributed by atoms with van der Waals surface area (Å²) in [4.78, 5) is 6.69. The summed E-state index contributed by atoms with van der Waals surface area (Å²) in [6.45, 7) is 0. The maximum absolute atomic E-state index is 3.36. The van der Waals surface area contributed by atoms with E-state index < -0.39 is 0 Å². The molecule has 0 aliphatic heterocycles. The van der Waals surface area contributed by atoms with Crippen LogP contribution in [0.15, 0.2) is 54.9 Å². The van der Waals surface area contributed by atoms with E-state index in [2.05, 4.69) is 58.6 Å². The number of hydrogen-bond acceptors (Lipinski definition) is 0. The van der Waals surface area contributed by atoms with E-state index >= 15 is 0 Å². The Balaban J connectivity index is 2.41. The lowest BCUT2D eigenvalue weighted by atomic mass is 10.0. The van der Waals surface area contributed by atoms with Crippen LogP contribution in [0.4, 0.5) is 0 Å². The molecule has 0 aliphatic carbocycles. The molecule has 2 heterocycles.